The summed E-state index contributed by atoms with van der Waals surface area (Å²) in [6, 6.07) is 0. The lowest BCUT2D eigenvalue weighted by Crippen LogP contribution is -2.16. The van der Waals surface area contributed by atoms with Gasteiger partial charge in [0.1, 0.15) is 0 Å². The van der Waals surface area contributed by atoms with Crippen LogP contribution in [0.5, 0.6) is 5.75 Å². The maximum Gasteiger partial charge on any atom is 0.313 e. The van der Waals surface area contributed by atoms with E-state index in [0.29, 0.717) is 139 Å². The van der Waals surface area contributed by atoms with Crippen molar-refractivity contribution in [2.24, 2.45) is 0 Å². The second-order valence-corrected chi connectivity index (χ2v) is 10.5. The van der Waals surface area contributed by atoms with E-state index in [0.717, 1.165) is 0 Å². The first-order valence-electron chi connectivity index (χ1n) is 17.5. The average molecular weight is 799 g/mol. The topological polar surface area (TPSA) is 146 Å². The van der Waals surface area contributed by atoms with E-state index in [4.69, 9.17) is 61.6 Å². The maximum atomic E-state index is 13.5. The molecule has 0 bridgehead atoms. The average Bonchev–Trinajstić information content (AvgIpc) is 3.17. The van der Waals surface area contributed by atoms with Crippen LogP contribution in [0, 0.1) is 29.1 Å². The van der Waals surface area contributed by atoms with Crippen molar-refractivity contribution >= 4 is 5.97 Å². The van der Waals surface area contributed by atoms with E-state index in [1.54, 1.807) is 7.11 Å². The van der Waals surface area contributed by atoms with Crippen LogP contribution < -0.4 is 4.74 Å². The van der Waals surface area contributed by atoms with Crippen LogP contribution in [0.25, 0.3) is 0 Å². The molecule has 0 aliphatic carbocycles. The van der Waals surface area contributed by atoms with Gasteiger partial charge in [0, 0.05) is 7.11 Å². The molecular formula is C34H55F5O15. The Hall–Kier alpha value is -2.18. The van der Waals surface area contributed by atoms with E-state index in [-0.39, 0.29) is 26.4 Å². The van der Waals surface area contributed by atoms with Gasteiger partial charge >= 0.3 is 5.97 Å². The van der Waals surface area contributed by atoms with Gasteiger partial charge in [-0.15, -0.1) is 0 Å². The normalized spacial score (nSPS) is 11.5. The van der Waals surface area contributed by atoms with Crippen LogP contribution in [0.3, 0.4) is 0 Å². The molecular weight excluding hydrogens is 743 g/mol. The third kappa shape index (κ3) is 27.4. The standard InChI is InChI=1S/C34H55F5O15/c1-41-4-5-43-8-9-45-12-13-47-16-17-49-20-21-51-24-25-53-27-26-52-23-22-50-19-18-48-15-14-46-11-10-44-7-6-42-3-2-28(40)54-34-32(38)30(36)29(35)31(37)33(34)39/h2-27H2,1H3. The molecule has 0 atom stereocenters. The predicted molar refractivity (Wildman–Crippen MR) is 178 cm³/mol. The van der Waals surface area contributed by atoms with Gasteiger partial charge in [0.25, 0.3) is 0 Å². The molecule has 1 aromatic carbocycles. The number of halogens is 5. The highest BCUT2D eigenvalue weighted by Crippen LogP contribution is 2.29. The smallest absolute Gasteiger partial charge is 0.313 e. The molecule has 15 nitrogen and oxygen atoms in total. The predicted octanol–water partition coefficient (Wildman–Crippen LogP) is 2.52. The first-order chi connectivity index (χ1) is 26.4. The Morgan fingerprint density at radius 3 is 0.778 bits per heavy atom. The second-order valence-electron chi connectivity index (χ2n) is 10.5. The molecule has 20 heteroatoms. The monoisotopic (exact) mass is 798 g/mol. The lowest BCUT2D eigenvalue weighted by atomic mass is 10.2. The first-order valence-corrected chi connectivity index (χ1v) is 17.5. The zero-order valence-corrected chi connectivity index (χ0v) is 30.9. The Bertz CT molecular complexity index is 1020. The fourth-order valence-electron chi connectivity index (χ4n) is 3.66. The third-order valence-electron chi connectivity index (χ3n) is 6.36. The summed E-state index contributed by atoms with van der Waals surface area (Å²) < 4.78 is 140. The minimum absolute atomic E-state index is 0.0783. The van der Waals surface area contributed by atoms with Crippen LogP contribution >= 0.6 is 0 Å². The number of rotatable bonds is 40. The summed E-state index contributed by atoms with van der Waals surface area (Å²) in [5.74, 6) is -14.1. The first kappa shape index (κ1) is 49.8. The highest BCUT2D eigenvalue weighted by atomic mass is 19.2. The number of carbonyl (C=O) groups is 1. The van der Waals surface area contributed by atoms with Gasteiger partial charge in [-0.1, -0.05) is 0 Å². The number of benzene rings is 1. The highest BCUT2D eigenvalue weighted by Gasteiger charge is 2.28. The molecule has 0 aliphatic rings. The molecule has 0 fully saturated rings. The van der Waals surface area contributed by atoms with E-state index in [1.165, 1.54) is 0 Å². The zero-order valence-electron chi connectivity index (χ0n) is 30.9. The highest BCUT2D eigenvalue weighted by molar-refractivity contribution is 5.72. The van der Waals surface area contributed by atoms with Crippen LogP contribution in [0.15, 0.2) is 0 Å². The number of ether oxygens (including phenoxy) is 14. The Morgan fingerprint density at radius 2 is 0.537 bits per heavy atom. The zero-order chi connectivity index (χ0) is 39.3. The van der Waals surface area contributed by atoms with Crippen molar-refractivity contribution in [1.82, 2.24) is 0 Å². The van der Waals surface area contributed by atoms with Crippen LogP contribution in [-0.4, -0.2) is 178 Å². The Kier molecular flexibility index (Phi) is 33.6. The van der Waals surface area contributed by atoms with Crippen LogP contribution in [0.4, 0.5) is 22.0 Å². The summed E-state index contributed by atoms with van der Waals surface area (Å²) in [5.41, 5.74) is 0. The molecule has 54 heavy (non-hydrogen) atoms. The molecule has 0 unspecified atom stereocenters. The maximum absolute atomic E-state index is 13.5. The van der Waals surface area contributed by atoms with E-state index in [1.807, 2.05) is 0 Å². The lowest BCUT2D eigenvalue weighted by Gasteiger charge is -2.09. The molecule has 0 N–H and O–H groups in total. The van der Waals surface area contributed by atoms with Crippen LogP contribution in [0.2, 0.25) is 0 Å². The summed E-state index contributed by atoms with van der Waals surface area (Å²) in [7, 11) is 1.63. The molecule has 316 valence electrons. The summed E-state index contributed by atoms with van der Waals surface area (Å²) in [6.07, 6.45) is -0.489. The number of carbonyl (C=O) groups excluding carboxylic acids is 1. The number of methoxy groups -OCH3 is 1. The van der Waals surface area contributed by atoms with Gasteiger partial charge in [-0.2, -0.15) is 8.78 Å². The fourth-order valence-corrected chi connectivity index (χ4v) is 3.66. The van der Waals surface area contributed by atoms with Gasteiger partial charge in [-0.3, -0.25) is 4.79 Å². The summed E-state index contributed by atoms with van der Waals surface area (Å²) >= 11 is 0. The van der Waals surface area contributed by atoms with E-state index < -0.39 is 47.2 Å². The molecule has 0 radical (unpaired) electrons. The quantitative estimate of drug-likeness (QED) is 0.0239. The van der Waals surface area contributed by atoms with E-state index >= 15 is 0 Å². The molecule has 0 amide bonds. The van der Waals surface area contributed by atoms with Gasteiger partial charge in [0.05, 0.1) is 172 Å². The van der Waals surface area contributed by atoms with Crippen molar-refractivity contribution in [2.75, 3.05) is 172 Å². The Labute approximate surface area is 312 Å². The molecule has 0 aromatic heterocycles. The Morgan fingerprint density at radius 1 is 0.333 bits per heavy atom. The lowest BCUT2D eigenvalue weighted by molar-refractivity contribution is -0.136. The molecule has 0 spiro atoms. The molecule has 0 saturated carbocycles. The summed E-state index contributed by atoms with van der Waals surface area (Å²) in [6.45, 7) is 9.94. The number of esters is 1. The number of hydrogen-bond donors (Lipinski definition) is 0. The van der Waals surface area contributed by atoms with Gasteiger partial charge in [0.2, 0.25) is 34.8 Å². The summed E-state index contributed by atoms with van der Waals surface area (Å²) in [5, 5.41) is 0. The molecule has 1 rings (SSSR count). The Balaban J connectivity index is 1.71. The number of hydrogen-bond acceptors (Lipinski definition) is 15. The molecule has 0 saturated heterocycles. The van der Waals surface area contributed by atoms with E-state index in [2.05, 4.69) is 4.74 Å². The van der Waals surface area contributed by atoms with Crippen molar-refractivity contribution in [3.8, 4) is 5.75 Å². The fraction of sp³-hybridized carbons (Fsp3) is 0.794. The van der Waals surface area contributed by atoms with E-state index in [9.17, 15) is 26.7 Å². The van der Waals surface area contributed by atoms with Crippen molar-refractivity contribution in [1.29, 1.82) is 0 Å². The van der Waals surface area contributed by atoms with Crippen molar-refractivity contribution in [3.05, 3.63) is 29.1 Å². The minimum atomic E-state index is -2.35. The summed E-state index contributed by atoms with van der Waals surface area (Å²) in [4.78, 5) is 11.7. The van der Waals surface area contributed by atoms with Gasteiger partial charge < -0.3 is 66.3 Å². The largest absolute Gasteiger partial charge is 0.420 e. The van der Waals surface area contributed by atoms with Crippen molar-refractivity contribution in [2.45, 2.75) is 6.42 Å². The SMILES string of the molecule is COCCOCCOCCOCCOCCOCCOCCOCCOCCOCCOCCOCCOCCC(=O)Oc1c(F)c(F)c(F)c(F)c1F. The van der Waals surface area contributed by atoms with Crippen LogP contribution in [0.1, 0.15) is 6.42 Å². The van der Waals surface area contributed by atoms with Gasteiger partial charge in [-0.25, -0.2) is 13.2 Å². The second kappa shape index (κ2) is 36.5. The molecule has 0 aliphatic heterocycles. The third-order valence-corrected chi connectivity index (χ3v) is 6.36. The van der Waals surface area contributed by atoms with Crippen molar-refractivity contribution < 1.29 is 93.1 Å². The van der Waals surface area contributed by atoms with Crippen molar-refractivity contribution in [3.63, 3.8) is 0 Å². The molecule has 1 aromatic rings. The minimum Gasteiger partial charge on any atom is -0.420 e. The van der Waals surface area contributed by atoms with Gasteiger partial charge in [0.15, 0.2) is 0 Å². The molecule has 0 heterocycles. The van der Waals surface area contributed by atoms with Gasteiger partial charge in [-0.05, 0) is 0 Å². The van der Waals surface area contributed by atoms with Crippen LogP contribution in [-0.2, 0) is 66.4 Å².